The molecule has 0 aliphatic heterocycles. The highest BCUT2D eigenvalue weighted by atomic mass is 16.5. The summed E-state index contributed by atoms with van der Waals surface area (Å²) in [6.45, 7) is 1.42. The number of nitrogens with one attached hydrogen (secondary N) is 1. The number of nitrogens with zero attached hydrogens (tertiary/aromatic N) is 1. The van der Waals surface area contributed by atoms with Crippen LogP contribution in [0, 0.1) is 11.8 Å². The highest BCUT2D eigenvalue weighted by Crippen LogP contribution is 2.20. The topological polar surface area (TPSA) is 138 Å². The van der Waals surface area contributed by atoms with E-state index in [4.69, 9.17) is 5.73 Å². The van der Waals surface area contributed by atoms with Crippen LogP contribution in [0.15, 0.2) is 36.5 Å². The number of nitrogens with two attached hydrogens (primary N) is 1. The van der Waals surface area contributed by atoms with Crippen molar-refractivity contribution in [2.75, 3.05) is 14.2 Å². The van der Waals surface area contributed by atoms with Gasteiger partial charge in [0.2, 0.25) is 5.91 Å². The van der Waals surface area contributed by atoms with E-state index in [2.05, 4.69) is 19.8 Å². The second-order valence-corrected chi connectivity index (χ2v) is 6.15. The lowest BCUT2D eigenvalue weighted by Crippen LogP contribution is -2.52. The smallest absolute Gasteiger partial charge is 0.320 e. The maximum Gasteiger partial charge on any atom is 0.320 e. The fourth-order valence-electron chi connectivity index (χ4n) is 2.85. The average Bonchev–Trinajstić information content (AvgIpc) is 2.70. The number of benzene rings is 1. The number of rotatable bonds is 7. The number of esters is 2. The molecule has 0 aliphatic rings. The summed E-state index contributed by atoms with van der Waals surface area (Å²) < 4.78 is 9.22. The van der Waals surface area contributed by atoms with Crippen molar-refractivity contribution in [3.63, 3.8) is 0 Å². The zero-order valence-corrected chi connectivity index (χ0v) is 15.7. The molecule has 0 fully saturated rings. The van der Waals surface area contributed by atoms with Crippen LogP contribution < -0.4 is 11.1 Å². The van der Waals surface area contributed by atoms with Gasteiger partial charge in [-0.15, -0.1) is 0 Å². The number of fused-ring (bicyclic) bond motifs is 1. The highest BCUT2D eigenvalue weighted by molar-refractivity contribution is 6.01. The Balaban J connectivity index is 2.29. The first-order chi connectivity index (χ1) is 13.3. The fraction of sp³-hybridized carbons (Fsp3) is 0.316. The Morgan fingerprint density at radius 3 is 2.25 bits per heavy atom. The third kappa shape index (κ3) is 4.43. The number of para-hydroxylation sites is 1. The summed E-state index contributed by atoms with van der Waals surface area (Å²) in [5.74, 6) is -5.76. The van der Waals surface area contributed by atoms with Crippen LogP contribution in [0.4, 0.5) is 0 Å². The van der Waals surface area contributed by atoms with E-state index in [9.17, 15) is 19.2 Å². The number of primary amides is 1. The maximum absolute atomic E-state index is 12.6. The van der Waals surface area contributed by atoms with E-state index in [0.717, 1.165) is 19.6 Å². The zero-order chi connectivity index (χ0) is 20.8. The van der Waals surface area contributed by atoms with E-state index in [1.54, 1.807) is 24.3 Å². The van der Waals surface area contributed by atoms with Crippen molar-refractivity contribution in [2.45, 2.75) is 13.0 Å². The van der Waals surface area contributed by atoms with Crippen molar-refractivity contribution in [3.8, 4) is 0 Å². The Morgan fingerprint density at radius 2 is 1.68 bits per heavy atom. The maximum atomic E-state index is 12.6. The molecule has 2 aromatic rings. The van der Waals surface area contributed by atoms with Gasteiger partial charge in [0.25, 0.3) is 5.91 Å². The number of amides is 2. The first kappa shape index (κ1) is 20.8. The molecule has 0 aliphatic carbocycles. The molecule has 2 atom stereocenters. The van der Waals surface area contributed by atoms with Crippen molar-refractivity contribution in [1.29, 1.82) is 0 Å². The summed E-state index contributed by atoms with van der Waals surface area (Å²) in [7, 11) is 2.20. The first-order valence-corrected chi connectivity index (χ1v) is 8.40. The minimum Gasteiger partial charge on any atom is -0.468 e. The summed E-state index contributed by atoms with van der Waals surface area (Å²) in [4.78, 5) is 52.7. The Morgan fingerprint density at radius 1 is 1.07 bits per heavy atom. The second kappa shape index (κ2) is 8.94. The quantitative estimate of drug-likeness (QED) is 0.518. The average molecular weight is 387 g/mol. The van der Waals surface area contributed by atoms with E-state index >= 15 is 0 Å². The SMILES string of the molecule is COC(=O)C(C(=O)OC)[C@@H](C)[C@H](NC(=O)c1cnc2ccccc2c1)C(N)=O. The van der Waals surface area contributed by atoms with Crippen molar-refractivity contribution in [2.24, 2.45) is 17.6 Å². The van der Waals surface area contributed by atoms with Gasteiger partial charge in [-0.1, -0.05) is 25.1 Å². The van der Waals surface area contributed by atoms with Crippen molar-refractivity contribution in [3.05, 3.63) is 42.1 Å². The Kier molecular flexibility index (Phi) is 6.64. The van der Waals surface area contributed by atoms with Gasteiger partial charge in [0.05, 0.1) is 25.3 Å². The third-order valence-electron chi connectivity index (χ3n) is 4.41. The van der Waals surface area contributed by atoms with Crippen molar-refractivity contribution in [1.82, 2.24) is 10.3 Å². The normalized spacial score (nSPS) is 12.9. The number of carbonyl (C=O) groups is 4. The first-order valence-electron chi connectivity index (χ1n) is 8.40. The predicted octanol–water partition coefficient (Wildman–Crippen LogP) is 0.417. The van der Waals surface area contributed by atoms with Crippen LogP contribution in [0.25, 0.3) is 10.9 Å². The Bertz CT molecular complexity index is 897. The van der Waals surface area contributed by atoms with Crippen molar-refractivity contribution >= 4 is 34.7 Å². The molecule has 2 rings (SSSR count). The summed E-state index contributed by atoms with van der Waals surface area (Å²) in [6.07, 6.45) is 1.36. The zero-order valence-electron chi connectivity index (χ0n) is 15.7. The van der Waals surface area contributed by atoms with E-state index in [0.29, 0.717) is 5.52 Å². The molecular formula is C19H21N3O6. The minimum atomic E-state index is -1.43. The summed E-state index contributed by atoms with van der Waals surface area (Å²) in [5.41, 5.74) is 6.30. The molecule has 2 amide bonds. The highest BCUT2D eigenvalue weighted by Gasteiger charge is 2.41. The van der Waals surface area contributed by atoms with Crippen LogP contribution in [0.2, 0.25) is 0 Å². The van der Waals surface area contributed by atoms with Gasteiger partial charge in [-0.2, -0.15) is 0 Å². The molecule has 1 aromatic carbocycles. The van der Waals surface area contributed by atoms with E-state index in [1.165, 1.54) is 13.1 Å². The van der Waals surface area contributed by atoms with E-state index < -0.39 is 41.6 Å². The molecule has 1 heterocycles. The molecule has 3 N–H and O–H groups in total. The lowest BCUT2D eigenvalue weighted by atomic mass is 9.86. The standard InChI is InChI=1S/C19H21N3O6/c1-10(14(18(25)27-2)19(26)28-3)15(16(20)23)22-17(24)12-8-11-6-4-5-7-13(11)21-9-12/h4-10,14-15H,1-3H3,(H2,20,23)(H,22,24)/t10-,15+/m1/s1. The van der Waals surface area contributed by atoms with Gasteiger partial charge in [-0.05, 0) is 12.1 Å². The molecule has 9 heteroatoms. The number of methoxy groups -OCH3 is 2. The van der Waals surface area contributed by atoms with E-state index in [-0.39, 0.29) is 5.56 Å². The molecular weight excluding hydrogens is 366 g/mol. The molecule has 28 heavy (non-hydrogen) atoms. The monoisotopic (exact) mass is 387 g/mol. The lowest BCUT2D eigenvalue weighted by molar-refractivity contribution is -0.161. The fourth-order valence-corrected chi connectivity index (χ4v) is 2.85. The van der Waals surface area contributed by atoms with Crippen LogP contribution >= 0.6 is 0 Å². The third-order valence-corrected chi connectivity index (χ3v) is 4.41. The molecule has 148 valence electrons. The van der Waals surface area contributed by atoms with Gasteiger partial charge in [0, 0.05) is 17.5 Å². The molecule has 9 nitrogen and oxygen atoms in total. The van der Waals surface area contributed by atoms with Crippen LogP contribution in [0.3, 0.4) is 0 Å². The Labute approximate surface area is 161 Å². The number of hydrogen-bond acceptors (Lipinski definition) is 7. The van der Waals surface area contributed by atoms with Crippen LogP contribution in [-0.2, 0) is 23.9 Å². The number of carbonyl (C=O) groups excluding carboxylic acids is 4. The number of hydrogen-bond donors (Lipinski definition) is 2. The summed E-state index contributed by atoms with van der Waals surface area (Å²) in [5, 5.41) is 3.20. The largest absolute Gasteiger partial charge is 0.468 e. The van der Waals surface area contributed by atoms with Gasteiger partial charge in [-0.25, -0.2) is 0 Å². The van der Waals surface area contributed by atoms with Crippen LogP contribution in [-0.4, -0.2) is 49.0 Å². The molecule has 0 bridgehead atoms. The van der Waals surface area contributed by atoms with Crippen molar-refractivity contribution < 1.29 is 28.7 Å². The molecule has 0 saturated carbocycles. The summed E-state index contributed by atoms with van der Waals surface area (Å²) >= 11 is 0. The second-order valence-electron chi connectivity index (χ2n) is 6.15. The molecule has 0 spiro atoms. The lowest BCUT2D eigenvalue weighted by Gasteiger charge is -2.26. The van der Waals surface area contributed by atoms with E-state index in [1.807, 2.05) is 6.07 Å². The van der Waals surface area contributed by atoms with Gasteiger partial charge in [0.15, 0.2) is 5.92 Å². The van der Waals surface area contributed by atoms with Crippen LogP contribution in [0.1, 0.15) is 17.3 Å². The minimum absolute atomic E-state index is 0.199. The number of pyridine rings is 1. The summed E-state index contributed by atoms with van der Waals surface area (Å²) in [6, 6.07) is 7.50. The molecule has 0 saturated heterocycles. The van der Waals surface area contributed by atoms with Crippen LogP contribution in [0.5, 0.6) is 0 Å². The van der Waals surface area contributed by atoms with Gasteiger partial charge in [-0.3, -0.25) is 24.2 Å². The molecule has 0 radical (unpaired) electrons. The van der Waals surface area contributed by atoms with Gasteiger partial charge in [0.1, 0.15) is 6.04 Å². The number of aromatic nitrogens is 1. The molecule has 1 aromatic heterocycles. The number of ether oxygens (including phenoxy) is 2. The van der Waals surface area contributed by atoms with Gasteiger partial charge >= 0.3 is 11.9 Å². The molecule has 0 unspecified atom stereocenters. The predicted molar refractivity (Wildman–Crippen MR) is 98.9 cm³/mol. The Hall–Kier alpha value is -3.49. The van der Waals surface area contributed by atoms with Gasteiger partial charge < -0.3 is 20.5 Å².